The summed E-state index contributed by atoms with van der Waals surface area (Å²) in [4.78, 5) is 24.6. The Balaban J connectivity index is 1.89. The molecule has 0 radical (unpaired) electrons. The highest BCUT2D eigenvalue weighted by Gasteiger charge is 2.56. The summed E-state index contributed by atoms with van der Waals surface area (Å²) >= 11 is 0. The molecule has 3 fully saturated rings. The van der Waals surface area contributed by atoms with Crippen molar-refractivity contribution in [1.29, 1.82) is 0 Å². The Morgan fingerprint density at radius 3 is 1.39 bits per heavy atom. The van der Waals surface area contributed by atoms with Gasteiger partial charge in [0.15, 0.2) is 0 Å². The largest absolute Gasteiger partial charge is 0.299 e. The average Bonchev–Trinajstić information content (AvgIpc) is 2.71. The zero-order valence-electron chi connectivity index (χ0n) is 11.8. The van der Waals surface area contributed by atoms with E-state index in [0.29, 0.717) is 35.2 Å². The number of fused-ring (bicyclic) bond motifs is 2. The van der Waals surface area contributed by atoms with Gasteiger partial charge in [0.1, 0.15) is 11.6 Å². The molecule has 100 valence electrons. The molecule has 3 saturated carbocycles. The average molecular weight is 248 g/mol. The van der Waals surface area contributed by atoms with Crippen molar-refractivity contribution < 1.29 is 9.59 Å². The Morgan fingerprint density at radius 1 is 0.722 bits per heavy atom. The molecule has 0 saturated heterocycles. The lowest BCUT2D eigenvalue weighted by Crippen LogP contribution is -2.34. The fourth-order valence-electron chi connectivity index (χ4n) is 5.02. The number of ketones is 2. The lowest BCUT2D eigenvalue weighted by atomic mass is 9.67. The van der Waals surface area contributed by atoms with Gasteiger partial charge in [-0.1, -0.05) is 27.7 Å². The molecule has 3 aliphatic rings. The summed E-state index contributed by atoms with van der Waals surface area (Å²) in [6, 6.07) is 0. The van der Waals surface area contributed by atoms with Crippen LogP contribution in [0.4, 0.5) is 0 Å². The zero-order valence-corrected chi connectivity index (χ0v) is 11.8. The van der Waals surface area contributed by atoms with Crippen LogP contribution in [0.1, 0.15) is 40.5 Å². The maximum absolute atomic E-state index is 12.3. The molecule has 18 heavy (non-hydrogen) atoms. The second kappa shape index (κ2) is 3.91. The highest BCUT2D eigenvalue weighted by atomic mass is 16.1. The molecule has 0 amide bonds. The summed E-state index contributed by atoms with van der Waals surface area (Å²) in [5.41, 5.74) is 0. The van der Waals surface area contributed by atoms with Crippen LogP contribution in [0, 0.1) is 47.3 Å². The first-order valence-corrected chi connectivity index (χ1v) is 7.51. The summed E-state index contributed by atoms with van der Waals surface area (Å²) in [6.45, 7) is 8.57. The minimum atomic E-state index is 0.210. The Bertz CT molecular complexity index is 362. The van der Waals surface area contributed by atoms with E-state index >= 15 is 0 Å². The lowest BCUT2D eigenvalue weighted by molar-refractivity contribution is -0.128. The van der Waals surface area contributed by atoms with E-state index in [-0.39, 0.29) is 23.7 Å². The first kappa shape index (κ1) is 12.4. The van der Waals surface area contributed by atoms with Crippen molar-refractivity contribution in [1.82, 2.24) is 0 Å². The van der Waals surface area contributed by atoms with Crippen molar-refractivity contribution in [3.05, 3.63) is 0 Å². The third kappa shape index (κ3) is 1.41. The number of rotatable bonds is 0. The van der Waals surface area contributed by atoms with Crippen molar-refractivity contribution in [3.63, 3.8) is 0 Å². The summed E-state index contributed by atoms with van der Waals surface area (Å²) in [7, 11) is 0. The van der Waals surface area contributed by atoms with E-state index in [4.69, 9.17) is 0 Å². The van der Waals surface area contributed by atoms with Crippen LogP contribution >= 0.6 is 0 Å². The van der Waals surface area contributed by atoms with Gasteiger partial charge in [0, 0.05) is 23.7 Å². The standard InChI is InChI=1S/C16H24O2/c1-7-9(3)15(17)13-6-12-8(2)10(4)16(18)14(12)5-11(7)13/h7-14H,5-6H2,1-4H3. The first-order chi connectivity index (χ1) is 8.43. The Kier molecular flexibility index (Phi) is 2.69. The van der Waals surface area contributed by atoms with E-state index in [2.05, 4.69) is 27.7 Å². The van der Waals surface area contributed by atoms with Crippen molar-refractivity contribution in [2.24, 2.45) is 47.3 Å². The number of carbonyl (C=O) groups is 2. The van der Waals surface area contributed by atoms with Crippen LogP contribution < -0.4 is 0 Å². The zero-order chi connectivity index (χ0) is 13.2. The summed E-state index contributed by atoms with van der Waals surface area (Å²) in [5, 5.41) is 0. The lowest BCUT2D eigenvalue weighted by Gasteiger charge is -2.36. The van der Waals surface area contributed by atoms with Crippen LogP contribution in [0.3, 0.4) is 0 Å². The Morgan fingerprint density at radius 2 is 1.06 bits per heavy atom. The molecule has 2 nitrogen and oxygen atoms in total. The van der Waals surface area contributed by atoms with Gasteiger partial charge in [-0.15, -0.1) is 0 Å². The molecular weight excluding hydrogens is 224 g/mol. The summed E-state index contributed by atoms with van der Waals surface area (Å²) in [5.74, 6) is 3.81. The minimum Gasteiger partial charge on any atom is -0.299 e. The maximum atomic E-state index is 12.3. The number of hydrogen-bond donors (Lipinski definition) is 0. The van der Waals surface area contributed by atoms with E-state index in [1.165, 1.54) is 0 Å². The van der Waals surface area contributed by atoms with Crippen LogP contribution in [0.5, 0.6) is 0 Å². The van der Waals surface area contributed by atoms with Crippen LogP contribution in [0.15, 0.2) is 0 Å². The van der Waals surface area contributed by atoms with E-state index < -0.39 is 0 Å². The number of Topliss-reactive ketones (excluding diaryl/α,β-unsaturated/α-hetero) is 2. The topological polar surface area (TPSA) is 34.1 Å². The molecular formula is C16H24O2. The predicted octanol–water partition coefficient (Wildman–Crippen LogP) is 2.95. The van der Waals surface area contributed by atoms with Gasteiger partial charge in [0.2, 0.25) is 0 Å². The fourth-order valence-corrected chi connectivity index (χ4v) is 5.02. The van der Waals surface area contributed by atoms with Gasteiger partial charge in [-0.25, -0.2) is 0 Å². The van der Waals surface area contributed by atoms with Crippen molar-refractivity contribution in [2.75, 3.05) is 0 Å². The second-order valence-corrected chi connectivity index (χ2v) is 7.11. The Hall–Kier alpha value is -0.660. The van der Waals surface area contributed by atoms with E-state index in [0.717, 1.165) is 12.8 Å². The van der Waals surface area contributed by atoms with Crippen molar-refractivity contribution in [2.45, 2.75) is 40.5 Å². The first-order valence-electron chi connectivity index (χ1n) is 7.51. The SMILES string of the molecule is CC1C(=O)C2CC3C(CC2C1C)C(=O)C(C)C3C. The van der Waals surface area contributed by atoms with Crippen LogP contribution in [-0.2, 0) is 9.59 Å². The van der Waals surface area contributed by atoms with Crippen LogP contribution in [0.2, 0.25) is 0 Å². The van der Waals surface area contributed by atoms with Gasteiger partial charge >= 0.3 is 0 Å². The van der Waals surface area contributed by atoms with E-state index in [1.807, 2.05) is 0 Å². The molecule has 0 spiro atoms. The van der Waals surface area contributed by atoms with Gasteiger partial charge in [0.25, 0.3) is 0 Å². The minimum absolute atomic E-state index is 0.210. The Labute approximate surface area is 110 Å². The molecule has 3 aliphatic carbocycles. The highest BCUT2D eigenvalue weighted by molar-refractivity contribution is 5.89. The molecule has 0 bridgehead atoms. The molecule has 0 aromatic rings. The van der Waals surface area contributed by atoms with Gasteiger partial charge < -0.3 is 0 Å². The smallest absolute Gasteiger partial charge is 0.139 e. The molecule has 0 aromatic heterocycles. The van der Waals surface area contributed by atoms with Gasteiger partial charge in [-0.2, -0.15) is 0 Å². The normalized spacial score (nSPS) is 55.6. The number of hydrogen-bond acceptors (Lipinski definition) is 2. The second-order valence-electron chi connectivity index (χ2n) is 7.11. The van der Waals surface area contributed by atoms with E-state index in [1.54, 1.807) is 0 Å². The quantitative estimate of drug-likeness (QED) is 0.660. The van der Waals surface area contributed by atoms with Crippen molar-refractivity contribution in [3.8, 4) is 0 Å². The van der Waals surface area contributed by atoms with E-state index in [9.17, 15) is 9.59 Å². The molecule has 0 aromatic carbocycles. The van der Waals surface area contributed by atoms with Gasteiger partial charge in [-0.3, -0.25) is 9.59 Å². The molecule has 0 N–H and O–H groups in total. The molecule has 8 atom stereocenters. The molecule has 2 heteroatoms. The third-order valence-corrected chi connectivity index (χ3v) is 6.64. The molecule has 3 rings (SSSR count). The number of carbonyl (C=O) groups excluding carboxylic acids is 2. The molecule has 8 unspecified atom stereocenters. The molecule has 0 heterocycles. The van der Waals surface area contributed by atoms with Crippen LogP contribution in [-0.4, -0.2) is 11.6 Å². The highest BCUT2D eigenvalue weighted by Crippen LogP contribution is 2.55. The monoisotopic (exact) mass is 248 g/mol. The third-order valence-electron chi connectivity index (χ3n) is 6.64. The summed E-state index contributed by atoms with van der Waals surface area (Å²) < 4.78 is 0. The maximum Gasteiger partial charge on any atom is 0.139 e. The summed E-state index contributed by atoms with van der Waals surface area (Å²) in [6.07, 6.45) is 1.97. The van der Waals surface area contributed by atoms with Crippen molar-refractivity contribution >= 4 is 11.6 Å². The van der Waals surface area contributed by atoms with Crippen LogP contribution in [0.25, 0.3) is 0 Å². The molecule has 0 aliphatic heterocycles. The fraction of sp³-hybridized carbons (Fsp3) is 0.875. The van der Waals surface area contributed by atoms with Gasteiger partial charge in [-0.05, 0) is 36.5 Å². The predicted molar refractivity (Wildman–Crippen MR) is 69.9 cm³/mol. The van der Waals surface area contributed by atoms with Gasteiger partial charge in [0.05, 0.1) is 0 Å².